The molecule has 4 rings (SSSR count). The van der Waals surface area contributed by atoms with Crippen molar-refractivity contribution < 1.29 is 14.3 Å². The van der Waals surface area contributed by atoms with Crippen LogP contribution < -0.4 is 9.64 Å². The largest absolute Gasteiger partial charge is 0.494 e. The molecule has 2 aromatic rings. The second-order valence-corrected chi connectivity index (χ2v) is 9.09. The van der Waals surface area contributed by atoms with Crippen LogP contribution in [0.1, 0.15) is 48.0 Å². The van der Waals surface area contributed by atoms with E-state index in [1.54, 1.807) is 15.9 Å². The lowest BCUT2D eigenvalue weighted by molar-refractivity contribution is -0.120. The molecule has 0 bridgehead atoms. The second kappa shape index (κ2) is 11.3. The molecule has 6 nitrogen and oxygen atoms in total. The summed E-state index contributed by atoms with van der Waals surface area (Å²) in [6.45, 7) is 7.30. The van der Waals surface area contributed by atoms with Gasteiger partial charge in [-0.15, -0.1) is 0 Å². The highest BCUT2D eigenvalue weighted by molar-refractivity contribution is 6.01. The molecule has 0 unspecified atom stereocenters. The Morgan fingerprint density at radius 1 is 0.939 bits per heavy atom. The van der Waals surface area contributed by atoms with Crippen molar-refractivity contribution in [2.24, 2.45) is 0 Å². The highest BCUT2D eigenvalue weighted by atomic mass is 16.5. The van der Waals surface area contributed by atoms with E-state index in [2.05, 4.69) is 4.90 Å². The van der Waals surface area contributed by atoms with Gasteiger partial charge in [-0.3, -0.25) is 9.59 Å². The first-order chi connectivity index (χ1) is 16.1. The average Bonchev–Trinajstić information content (AvgIpc) is 3.11. The Bertz CT molecular complexity index is 936. The molecule has 176 valence electrons. The number of benzene rings is 2. The third-order valence-corrected chi connectivity index (χ3v) is 6.51. The van der Waals surface area contributed by atoms with Gasteiger partial charge in [0, 0.05) is 30.9 Å². The molecule has 2 saturated heterocycles. The second-order valence-electron chi connectivity index (χ2n) is 9.09. The van der Waals surface area contributed by atoms with Gasteiger partial charge in [-0.25, -0.2) is 0 Å². The van der Waals surface area contributed by atoms with Gasteiger partial charge in [-0.05, 0) is 75.7 Å². The molecule has 2 aromatic carbocycles. The minimum absolute atomic E-state index is 0.0617. The number of carbonyl (C=O) groups excluding carboxylic acids is 2. The van der Waals surface area contributed by atoms with E-state index in [-0.39, 0.29) is 18.4 Å². The van der Waals surface area contributed by atoms with E-state index >= 15 is 0 Å². The van der Waals surface area contributed by atoms with E-state index in [1.807, 2.05) is 49.4 Å². The molecule has 0 spiro atoms. The van der Waals surface area contributed by atoms with Crippen molar-refractivity contribution in [1.82, 2.24) is 9.80 Å². The molecule has 0 saturated carbocycles. The van der Waals surface area contributed by atoms with Crippen molar-refractivity contribution in [3.8, 4) is 5.75 Å². The number of likely N-dealkylation sites (tertiary alicyclic amines) is 1. The minimum atomic E-state index is -0.0874. The zero-order valence-corrected chi connectivity index (χ0v) is 19.7. The number of nitrogens with zero attached hydrogens (tertiary/aromatic N) is 3. The number of ether oxygens (including phenoxy) is 1. The van der Waals surface area contributed by atoms with Crippen LogP contribution in [0.15, 0.2) is 48.5 Å². The SMILES string of the molecule is Cc1cccc(C(=O)N2CCN(c3ccc(OCCCN4CCCCCC4)cc3)C(=O)C2)c1. The first-order valence-electron chi connectivity index (χ1n) is 12.2. The van der Waals surface area contributed by atoms with Gasteiger partial charge >= 0.3 is 0 Å². The third kappa shape index (κ3) is 6.35. The summed E-state index contributed by atoms with van der Waals surface area (Å²) in [7, 11) is 0. The molecule has 2 amide bonds. The van der Waals surface area contributed by atoms with E-state index in [4.69, 9.17) is 4.74 Å². The summed E-state index contributed by atoms with van der Waals surface area (Å²) in [6.07, 6.45) is 6.38. The maximum absolute atomic E-state index is 12.8. The molecule has 2 aliphatic heterocycles. The van der Waals surface area contributed by atoms with Crippen LogP contribution in [0.4, 0.5) is 5.69 Å². The maximum atomic E-state index is 12.8. The summed E-state index contributed by atoms with van der Waals surface area (Å²) in [4.78, 5) is 31.5. The number of hydrogen-bond donors (Lipinski definition) is 0. The van der Waals surface area contributed by atoms with E-state index in [1.165, 1.54) is 38.8 Å². The highest BCUT2D eigenvalue weighted by Crippen LogP contribution is 2.22. The van der Waals surface area contributed by atoms with Crippen molar-refractivity contribution in [2.75, 3.05) is 50.8 Å². The zero-order chi connectivity index (χ0) is 23.0. The number of anilines is 1. The number of aryl methyl sites for hydroxylation is 1. The van der Waals surface area contributed by atoms with Crippen molar-refractivity contribution in [3.63, 3.8) is 0 Å². The van der Waals surface area contributed by atoms with Gasteiger partial charge in [0.1, 0.15) is 12.3 Å². The molecular formula is C27H35N3O3. The van der Waals surface area contributed by atoms with Crippen LogP contribution in [0.25, 0.3) is 0 Å². The Balaban J connectivity index is 1.24. The average molecular weight is 450 g/mol. The first kappa shape index (κ1) is 23.3. The number of piperazine rings is 1. The molecule has 33 heavy (non-hydrogen) atoms. The summed E-state index contributed by atoms with van der Waals surface area (Å²) in [5, 5.41) is 0. The van der Waals surface area contributed by atoms with E-state index in [0.29, 0.717) is 25.3 Å². The standard InChI is InChI=1S/C27H35N3O3/c1-22-8-6-9-23(20-22)27(32)29-17-18-30(26(31)21-29)24-10-12-25(13-11-24)33-19-7-16-28-14-4-2-3-5-15-28/h6,8-13,20H,2-5,7,14-19,21H2,1H3. The van der Waals surface area contributed by atoms with Gasteiger partial charge in [0.05, 0.1) is 6.61 Å². The van der Waals surface area contributed by atoms with Gasteiger partial charge < -0.3 is 19.4 Å². The summed E-state index contributed by atoms with van der Waals surface area (Å²) < 4.78 is 5.92. The van der Waals surface area contributed by atoms with Crippen LogP contribution in [-0.2, 0) is 4.79 Å². The number of rotatable bonds is 7. The molecular weight excluding hydrogens is 414 g/mol. The lowest BCUT2D eigenvalue weighted by atomic mass is 10.1. The smallest absolute Gasteiger partial charge is 0.254 e. The zero-order valence-electron chi connectivity index (χ0n) is 19.7. The fourth-order valence-electron chi connectivity index (χ4n) is 4.64. The molecule has 2 heterocycles. The minimum Gasteiger partial charge on any atom is -0.494 e. The molecule has 0 atom stereocenters. The summed E-state index contributed by atoms with van der Waals surface area (Å²) >= 11 is 0. The van der Waals surface area contributed by atoms with Gasteiger partial charge in [0.15, 0.2) is 0 Å². The molecule has 2 fully saturated rings. The monoisotopic (exact) mass is 449 g/mol. The highest BCUT2D eigenvalue weighted by Gasteiger charge is 2.28. The van der Waals surface area contributed by atoms with Crippen LogP contribution in [0.3, 0.4) is 0 Å². The number of hydrogen-bond acceptors (Lipinski definition) is 4. The Labute approximate surface area is 197 Å². The Morgan fingerprint density at radius 2 is 1.70 bits per heavy atom. The fourth-order valence-corrected chi connectivity index (χ4v) is 4.64. The van der Waals surface area contributed by atoms with Gasteiger partial charge in [0.2, 0.25) is 5.91 Å². The van der Waals surface area contributed by atoms with Crippen LogP contribution in [0.5, 0.6) is 5.75 Å². The maximum Gasteiger partial charge on any atom is 0.254 e. The molecule has 0 radical (unpaired) electrons. The molecule has 0 aromatic heterocycles. The summed E-state index contributed by atoms with van der Waals surface area (Å²) in [6, 6.07) is 15.2. The lowest BCUT2D eigenvalue weighted by Gasteiger charge is -2.34. The molecule has 0 aliphatic carbocycles. The Kier molecular flexibility index (Phi) is 8.00. The normalized spacial score (nSPS) is 17.7. The van der Waals surface area contributed by atoms with E-state index in [0.717, 1.165) is 30.0 Å². The first-order valence-corrected chi connectivity index (χ1v) is 12.2. The molecule has 2 aliphatic rings. The predicted octanol–water partition coefficient (Wildman–Crippen LogP) is 4.13. The summed E-state index contributed by atoms with van der Waals surface area (Å²) in [5.74, 6) is 0.680. The van der Waals surface area contributed by atoms with Gasteiger partial charge in [0.25, 0.3) is 5.91 Å². The number of carbonyl (C=O) groups is 2. The molecule has 6 heteroatoms. The van der Waals surface area contributed by atoms with E-state index in [9.17, 15) is 9.59 Å². The van der Waals surface area contributed by atoms with Crippen molar-refractivity contribution >= 4 is 17.5 Å². The predicted molar refractivity (Wildman–Crippen MR) is 131 cm³/mol. The van der Waals surface area contributed by atoms with Crippen LogP contribution in [0, 0.1) is 6.92 Å². The van der Waals surface area contributed by atoms with Gasteiger partial charge in [-0.2, -0.15) is 0 Å². The van der Waals surface area contributed by atoms with Crippen LogP contribution >= 0.6 is 0 Å². The van der Waals surface area contributed by atoms with Crippen molar-refractivity contribution in [3.05, 3.63) is 59.7 Å². The fraction of sp³-hybridized carbons (Fsp3) is 0.481. The van der Waals surface area contributed by atoms with Crippen LogP contribution in [0.2, 0.25) is 0 Å². The van der Waals surface area contributed by atoms with Crippen molar-refractivity contribution in [1.29, 1.82) is 0 Å². The lowest BCUT2D eigenvalue weighted by Crippen LogP contribution is -2.52. The third-order valence-electron chi connectivity index (χ3n) is 6.51. The topological polar surface area (TPSA) is 53.1 Å². The van der Waals surface area contributed by atoms with E-state index < -0.39 is 0 Å². The Morgan fingerprint density at radius 3 is 2.39 bits per heavy atom. The summed E-state index contributed by atoms with van der Waals surface area (Å²) in [5.41, 5.74) is 2.52. The Hall–Kier alpha value is -2.86. The quantitative estimate of drug-likeness (QED) is 0.597. The van der Waals surface area contributed by atoms with Gasteiger partial charge in [-0.1, -0.05) is 30.5 Å². The van der Waals surface area contributed by atoms with Crippen LogP contribution in [-0.4, -0.2) is 67.5 Å². The molecule has 0 N–H and O–H groups in total. The van der Waals surface area contributed by atoms with Crippen molar-refractivity contribution in [2.45, 2.75) is 39.0 Å². The number of amides is 2.